The van der Waals surface area contributed by atoms with Gasteiger partial charge in [0.1, 0.15) is 31.3 Å². The molecule has 0 radical (unpaired) electrons. The van der Waals surface area contributed by atoms with E-state index in [1.165, 1.54) is 28.9 Å². The van der Waals surface area contributed by atoms with E-state index >= 15 is 0 Å². The summed E-state index contributed by atoms with van der Waals surface area (Å²) in [6, 6.07) is 10.4. The largest absolute Gasteiger partial charge is 0.486 e. The summed E-state index contributed by atoms with van der Waals surface area (Å²) >= 11 is 6.18. The zero-order chi connectivity index (χ0) is 21.3. The molecule has 0 fully saturated rings. The molecule has 0 spiro atoms. The van der Waals surface area contributed by atoms with Crippen molar-refractivity contribution in [1.29, 1.82) is 0 Å². The van der Waals surface area contributed by atoms with Gasteiger partial charge in [0, 0.05) is 11.8 Å². The van der Waals surface area contributed by atoms with Crippen molar-refractivity contribution in [3.63, 3.8) is 0 Å². The van der Waals surface area contributed by atoms with Crippen molar-refractivity contribution in [3.05, 3.63) is 80.5 Å². The van der Waals surface area contributed by atoms with Crippen LogP contribution in [0.2, 0.25) is 5.02 Å². The summed E-state index contributed by atoms with van der Waals surface area (Å²) in [4.78, 5) is 24.8. The molecule has 0 atom stereocenters. The molecular formula is C21H16ClFN2O5. The standard InChI is InChI=1S/C21H16ClFN2O5/c1-12-8-17(26)19(24-25(12)16-5-3-2-4-15(16)23)21(27)30-11-13-9-14(22)20-18(10-13)28-6-7-29-20/h2-5,8-10H,6-7,11H2,1H3. The van der Waals surface area contributed by atoms with E-state index in [0.717, 1.165) is 0 Å². The fourth-order valence-electron chi connectivity index (χ4n) is 3.02. The first-order valence-electron chi connectivity index (χ1n) is 9.05. The van der Waals surface area contributed by atoms with E-state index in [1.54, 1.807) is 25.1 Å². The molecule has 0 amide bonds. The summed E-state index contributed by atoms with van der Waals surface area (Å²) in [6.07, 6.45) is 0. The van der Waals surface area contributed by atoms with Crippen LogP contribution in [0.3, 0.4) is 0 Å². The number of para-hydroxylation sites is 1. The summed E-state index contributed by atoms with van der Waals surface area (Å²) < 4.78 is 31.5. The van der Waals surface area contributed by atoms with E-state index in [1.807, 2.05) is 0 Å². The van der Waals surface area contributed by atoms with Crippen LogP contribution in [-0.2, 0) is 11.3 Å². The van der Waals surface area contributed by atoms with Crippen LogP contribution in [0.4, 0.5) is 4.39 Å². The van der Waals surface area contributed by atoms with Crippen LogP contribution < -0.4 is 14.9 Å². The smallest absolute Gasteiger partial charge is 0.363 e. The SMILES string of the molecule is Cc1cc(=O)c(C(=O)OCc2cc(Cl)c3c(c2)OCCO3)nn1-c1ccccc1F. The Hall–Kier alpha value is -3.39. The monoisotopic (exact) mass is 430 g/mol. The van der Waals surface area contributed by atoms with E-state index in [-0.39, 0.29) is 12.3 Å². The molecule has 0 N–H and O–H groups in total. The van der Waals surface area contributed by atoms with Crippen molar-refractivity contribution in [2.75, 3.05) is 13.2 Å². The van der Waals surface area contributed by atoms with Gasteiger partial charge < -0.3 is 14.2 Å². The van der Waals surface area contributed by atoms with Gasteiger partial charge in [-0.1, -0.05) is 23.7 Å². The number of aryl methyl sites for hydroxylation is 1. The predicted octanol–water partition coefficient (Wildman–Crippen LogP) is 3.46. The van der Waals surface area contributed by atoms with Crippen LogP contribution in [-0.4, -0.2) is 29.0 Å². The number of ether oxygens (including phenoxy) is 3. The average molecular weight is 431 g/mol. The zero-order valence-electron chi connectivity index (χ0n) is 15.9. The lowest BCUT2D eigenvalue weighted by molar-refractivity contribution is 0.0461. The van der Waals surface area contributed by atoms with Crippen LogP contribution in [0, 0.1) is 12.7 Å². The number of carbonyl (C=O) groups excluding carboxylic acids is 1. The number of hydrogen-bond donors (Lipinski definition) is 0. The molecule has 9 heteroatoms. The lowest BCUT2D eigenvalue weighted by Gasteiger charge is -2.20. The van der Waals surface area contributed by atoms with Crippen molar-refractivity contribution < 1.29 is 23.4 Å². The van der Waals surface area contributed by atoms with Crippen LogP contribution >= 0.6 is 11.6 Å². The maximum atomic E-state index is 14.1. The molecule has 2 heterocycles. The summed E-state index contributed by atoms with van der Waals surface area (Å²) in [5, 5.41) is 4.35. The number of fused-ring (bicyclic) bond motifs is 1. The molecule has 3 aromatic rings. The number of rotatable bonds is 4. The lowest BCUT2D eigenvalue weighted by atomic mass is 10.2. The molecule has 30 heavy (non-hydrogen) atoms. The Kier molecular flexibility index (Phi) is 5.41. The molecule has 0 aliphatic carbocycles. The second-order valence-electron chi connectivity index (χ2n) is 6.54. The highest BCUT2D eigenvalue weighted by molar-refractivity contribution is 6.32. The highest BCUT2D eigenvalue weighted by Gasteiger charge is 2.20. The average Bonchev–Trinajstić information content (AvgIpc) is 2.73. The number of carbonyl (C=O) groups is 1. The molecule has 1 aromatic heterocycles. The van der Waals surface area contributed by atoms with Crippen molar-refractivity contribution in [1.82, 2.24) is 9.78 Å². The number of halogens is 2. The molecule has 7 nitrogen and oxygen atoms in total. The number of hydrogen-bond acceptors (Lipinski definition) is 6. The van der Waals surface area contributed by atoms with Crippen molar-refractivity contribution >= 4 is 17.6 Å². The molecule has 2 aromatic carbocycles. The molecule has 4 rings (SSSR count). The third-order valence-corrected chi connectivity index (χ3v) is 4.69. The normalized spacial score (nSPS) is 12.5. The molecule has 0 bridgehead atoms. The van der Waals surface area contributed by atoms with Gasteiger partial charge in [-0.2, -0.15) is 5.10 Å². The minimum atomic E-state index is -0.934. The topological polar surface area (TPSA) is 79.7 Å². The molecule has 1 aliphatic heterocycles. The molecule has 154 valence electrons. The van der Waals surface area contributed by atoms with Crippen molar-refractivity contribution in [2.24, 2.45) is 0 Å². The Balaban J connectivity index is 1.58. The maximum Gasteiger partial charge on any atom is 0.363 e. The molecule has 1 aliphatic rings. The summed E-state index contributed by atoms with van der Waals surface area (Å²) in [6.45, 7) is 2.21. The van der Waals surface area contributed by atoms with Gasteiger partial charge in [0.2, 0.25) is 11.1 Å². The van der Waals surface area contributed by atoms with E-state index < -0.39 is 22.9 Å². The van der Waals surface area contributed by atoms with Gasteiger partial charge in [-0.05, 0) is 36.8 Å². The van der Waals surface area contributed by atoms with Crippen molar-refractivity contribution in [3.8, 4) is 17.2 Å². The Morgan fingerprint density at radius 2 is 2.00 bits per heavy atom. The second kappa shape index (κ2) is 8.16. The van der Waals surface area contributed by atoms with Crippen LogP contribution in [0.5, 0.6) is 11.5 Å². The van der Waals surface area contributed by atoms with E-state index in [2.05, 4.69) is 5.10 Å². The number of aromatic nitrogens is 2. The van der Waals surface area contributed by atoms with Gasteiger partial charge >= 0.3 is 5.97 Å². The Bertz CT molecular complexity index is 1190. The van der Waals surface area contributed by atoms with Gasteiger partial charge in [0.15, 0.2) is 11.5 Å². The minimum absolute atomic E-state index is 0.114. The Labute approximate surface area is 175 Å². The zero-order valence-corrected chi connectivity index (χ0v) is 16.6. The molecule has 0 unspecified atom stereocenters. The lowest BCUT2D eigenvalue weighted by Crippen LogP contribution is -2.24. The summed E-state index contributed by atoms with van der Waals surface area (Å²) in [5.41, 5.74) is -0.0279. The van der Waals surface area contributed by atoms with Gasteiger partial charge in [0.25, 0.3) is 0 Å². The van der Waals surface area contributed by atoms with Gasteiger partial charge in [0.05, 0.1) is 5.02 Å². The fraction of sp³-hybridized carbons (Fsp3) is 0.190. The summed E-state index contributed by atoms with van der Waals surface area (Å²) in [5.74, 6) is -0.584. The third-order valence-electron chi connectivity index (χ3n) is 4.41. The first-order chi connectivity index (χ1) is 14.4. The molecule has 0 saturated heterocycles. The number of benzene rings is 2. The second-order valence-corrected chi connectivity index (χ2v) is 6.95. The van der Waals surface area contributed by atoms with E-state index in [4.69, 9.17) is 25.8 Å². The Morgan fingerprint density at radius 1 is 1.23 bits per heavy atom. The number of nitrogens with zero attached hydrogens (tertiary/aromatic N) is 2. The van der Waals surface area contributed by atoms with E-state index in [0.29, 0.717) is 41.0 Å². The number of esters is 1. The van der Waals surface area contributed by atoms with Gasteiger partial charge in [-0.15, -0.1) is 0 Å². The predicted molar refractivity (Wildman–Crippen MR) is 106 cm³/mol. The van der Waals surface area contributed by atoms with Crippen LogP contribution in [0.15, 0.2) is 47.3 Å². The summed E-state index contributed by atoms with van der Waals surface area (Å²) in [7, 11) is 0. The highest BCUT2D eigenvalue weighted by Crippen LogP contribution is 2.38. The van der Waals surface area contributed by atoms with Crippen LogP contribution in [0.25, 0.3) is 5.69 Å². The third kappa shape index (κ3) is 3.86. The maximum absolute atomic E-state index is 14.1. The highest BCUT2D eigenvalue weighted by atomic mass is 35.5. The first kappa shape index (κ1) is 19.9. The quantitative estimate of drug-likeness (QED) is 0.590. The first-order valence-corrected chi connectivity index (χ1v) is 9.43. The van der Waals surface area contributed by atoms with Crippen molar-refractivity contribution in [2.45, 2.75) is 13.5 Å². The van der Waals surface area contributed by atoms with E-state index in [9.17, 15) is 14.0 Å². The minimum Gasteiger partial charge on any atom is -0.486 e. The van der Waals surface area contributed by atoms with Crippen LogP contribution in [0.1, 0.15) is 21.7 Å². The molecular weight excluding hydrogens is 415 g/mol. The van der Waals surface area contributed by atoms with Gasteiger partial charge in [-0.3, -0.25) is 4.79 Å². The Morgan fingerprint density at radius 3 is 2.80 bits per heavy atom. The van der Waals surface area contributed by atoms with Gasteiger partial charge in [-0.25, -0.2) is 13.9 Å². The molecule has 0 saturated carbocycles. The fourth-order valence-corrected chi connectivity index (χ4v) is 3.31.